The molecular weight excluding hydrogens is 250 g/mol. The molecular formula is C16H15N3O. The van der Waals surface area contributed by atoms with E-state index in [9.17, 15) is 4.79 Å². The van der Waals surface area contributed by atoms with Gasteiger partial charge in [0.15, 0.2) is 5.82 Å². The van der Waals surface area contributed by atoms with Crippen LogP contribution in [0.2, 0.25) is 0 Å². The molecule has 0 atom stereocenters. The van der Waals surface area contributed by atoms with Crippen molar-refractivity contribution in [3.63, 3.8) is 0 Å². The lowest BCUT2D eigenvalue weighted by Crippen LogP contribution is -2.12. The van der Waals surface area contributed by atoms with Gasteiger partial charge in [-0.3, -0.25) is 4.79 Å². The highest BCUT2D eigenvalue weighted by molar-refractivity contribution is 6.06. The van der Waals surface area contributed by atoms with Crippen LogP contribution in [0.15, 0.2) is 48.8 Å². The minimum absolute atomic E-state index is 0.130. The summed E-state index contributed by atoms with van der Waals surface area (Å²) in [5.74, 6) is 0.323. The van der Waals surface area contributed by atoms with Gasteiger partial charge >= 0.3 is 0 Å². The van der Waals surface area contributed by atoms with Crippen molar-refractivity contribution in [2.24, 2.45) is 0 Å². The summed E-state index contributed by atoms with van der Waals surface area (Å²) in [4.78, 5) is 21.1. The molecule has 0 amide bonds. The first kappa shape index (κ1) is 12.5. The van der Waals surface area contributed by atoms with Crippen LogP contribution >= 0.6 is 0 Å². The van der Waals surface area contributed by atoms with Crippen LogP contribution in [0.1, 0.15) is 29.7 Å². The Morgan fingerprint density at radius 1 is 1.20 bits per heavy atom. The fourth-order valence-electron chi connectivity index (χ4n) is 2.25. The van der Waals surface area contributed by atoms with Gasteiger partial charge in [-0.2, -0.15) is 0 Å². The molecule has 0 fully saturated rings. The second kappa shape index (κ2) is 5.25. The largest absolute Gasteiger partial charge is 0.328 e. The number of aromatic nitrogens is 3. The van der Waals surface area contributed by atoms with Crippen LogP contribution in [0.25, 0.3) is 10.9 Å². The summed E-state index contributed by atoms with van der Waals surface area (Å²) in [5, 5.41) is 1.03. The van der Waals surface area contributed by atoms with E-state index in [0.29, 0.717) is 11.5 Å². The number of aryl methyl sites for hydroxylation is 1. The molecule has 20 heavy (non-hydrogen) atoms. The minimum atomic E-state index is -0.130. The zero-order valence-corrected chi connectivity index (χ0v) is 11.3. The molecule has 0 N–H and O–H groups in total. The van der Waals surface area contributed by atoms with Crippen molar-refractivity contribution >= 4 is 16.7 Å². The minimum Gasteiger partial charge on any atom is -0.328 e. The van der Waals surface area contributed by atoms with Crippen molar-refractivity contribution in [1.29, 1.82) is 0 Å². The van der Waals surface area contributed by atoms with Crippen molar-refractivity contribution in [2.45, 2.75) is 19.9 Å². The third kappa shape index (κ3) is 2.20. The maximum atomic E-state index is 12.5. The Hall–Kier alpha value is -2.49. The normalized spacial score (nSPS) is 10.8. The number of imidazole rings is 1. The van der Waals surface area contributed by atoms with Gasteiger partial charge in [0, 0.05) is 24.3 Å². The lowest BCUT2D eigenvalue weighted by atomic mass is 10.1. The van der Waals surface area contributed by atoms with Crippen LogP contribution in [0.3, 0.4) is 0 Å². The number of ketones is 1. The lowest BCUT2D eigenvalue weighted by Gasteiger charge is -2.05. The second-order valence-corrected chi connectivity index (χ2v) is 4.66. The van der Waals surface area contributed by atoms with E-state index in [2.05, 4.69) is 16.9 Å². The van der Waals surface area contributed by atoms with E-state index in [0.717, 1.165) is 23.9 Å². The Kier molecular flexibility index (Phi) is 3.29. The van der Waals surface area contributed by atoms with Crippen LogP contribution in [-0.4, -0.2) is 20.3 Å². The molecule has 100 valence electrons. The summed E-state index contributed by atoms with van der Waals surface area (Å²) in [6.07, 6.45) is 4.45. The number of hydrogen-bond donors (Lipinski definition) is 0. The van der Waals surface area contributed by atoms with Crippen molar-refractivity contribution in [1.82, 2.24) is 14.5 Å². The third-order valence-electron chi connectivity index (χ3n) is 3.21. The third-order valence-corrected chi connectivity index (χ3v) is 3.21. The first-order chi connectivity index (χ1) is 9.79. The van der Waals surface area contributed by atoms with Crippen molar-refractivity contribution in [3.8, 4) is 0 Å². The van der Waals surface area contributed by atoms with Crippen LogP contribution in [0.4, 0.5) is 0 Å². The molecule has 0 saturated heterocycles. The SMILES string of the molecule is CCCn1ccnc1C(=O)c1ccc2ccccc2n1. The molecule has 2 aromatic heterocycles. The predicted molar refractivity (Wildman–Crippen MR) is 77.7 cm³/mol. The van der Waals surface area contributed by atoms with Gasteiger partial charge in [0.05, 0.1) is 5.52 Å². The first-order valence-electron chi connectivity index (χ1n) is 6.71. The number of para-hydroxylation sites is 1. The molecule has 4 nitrogen and oxygen atoms in total. The maximum Gasteiger partial charge on any atom is 0.246 e. The van der Waals surface area contributed by atoms with Gasteiger partial charge < -0.3 is 4.57 Å². The number of carbonyl (C=O) groups excluding carboxylic acids is 1. The van der Waals surface area contributed by atoms with Gasteiger partial charge in [0.25, 0.3) is 0 Å². The molecule has 0 radical (unpaired) electrons. The molecule has 4 heteroatoms. The van der Waals surface area contributed by atoms with E-state index >= 15 is 0 Å². The number of benzene rings is 1. The number of fused-ring (bicyclic) bond motifs is 1. The predicted octanol–water partition coefficient (Wildman–Crippen LogP) is 3.07. The summed E-state index contributed by atoms with van der Waals surface area (Å²) in [6.45, 7) is 2.86. The van der Waals surface area contributed by atoms with Crippen LogP contribution in [-0.2, 0) is 6.54 Å². The van der Waals surface area contributed by atoms with Gasteiger partial charge in [-0.25, -0.2) is 9.97 Å². The smallest absolute Gasteiger partial charge is 0.246 e. The highest BCUT2D eigenvalue weighted by Crippen LogP contribution is 2.14. The van der Waals surface area contributed by atoms with Crippen LogP contribution in [0.5, 0.6) is 0 Å². The summed E-state index contributed by atoms with van der Waals surface area (Å²) in [6, 6.07) is 11.4. The Morgan fingerprint density at radius 2 is 2.05 bits per heavy atom. The molecule has 0 aliphatic heterocycles. The standard InChI is InChI=1S/C16H15N3O/c1-2-10-19-11-9-17-16(19)15(20)14-8-7-12-5-3-4-6-13(12)18-14/h3-9,11H,2,10H2,1H3. The number of carbonyl (C=O) groups is 1. The molecule has 2 heterocycles. The summed E-state index contributed by atoms with van der Waals surface area (Å²) in [5.41, 5.74) is 1.26. The average molecular weight is 265 g/mol. The zero-order valence-electron chi connectivity index (χ0n) is 11.3. The molecule has 0 aliphatic rings. The molecule has 0 aliphatic carbocycles. The Labute approximate surface area is 117 Å². The van der Waals surface area contributed by atoms with Crippen molar-refractivity contribution in [2.75, 3.05) is 0 Å². The lowest BCUT2D eigenvalue weighted by molar-refractivity contribution is 0.102. The molecule has 0 unspecified atom stereocenters. The van der Waals surface area contributed by atoms with E-state index in [4.69, 9.17) is 0 Å². The number of pyridine rings is 1. The van der Waals surface area contributed by atoms with E-state index in [-0.39, 0.29) is 5.78 Å². The van der Waals surface area contributed by atoms with E-state index in [1.807, 2.05) is 41.1 Å². The topological polar surface area (TPSA) is 47.8 Å². The van der Waals surface area contributed by atoms with E-state index in [1.165, 1.54) is 0 Å². The van der Waals surface area contributed by atoms with Crippen molar-refractivity contribution < 1.29 is 4.79 Å². The summed E-state index contributed by atoms with van der Waals surface area (Å²) < 4.78 is 1.87. The zero-order chi connectivity index (χ0) is 13.9. The fourth-order valence-corrected chi connectivity index (χ4v) is 2.25. The Morgan fingerprint density at radius 3 is 2.90 bits per heavy atom. The van der Waals surface area contributed by atoms with Crippen molar-refractivity contribution in [3.05, 3.63) is 60.3 Å². The number of rotatable bonds is 4. The van der Waals surface area contributed by atoms with Crippen LogP contribution in [0, 0.1) is 0 Å². The average Bonchev–Trinajstić information content (AvgIpc) is 2.94. The Balaban J connectivity index is 2.01. The van der Waals surface area contributed by atoms with Gasteiger partial charge in [-0.15, -0.1) is 0 Å². The monoisotopic (exact) mass is 265 g/mol. The fraction of sp³-hybridized carbons (Fsp3) is 0.188. The summed E-state index contributed by atoms with van der Waals surface area (Å²) >= 11 is 0. The molecule has 1 aromatic carbocycles. The highest BCUT2D eigenvalue weighted by Gasteiger charge is 2.16. The van der Waals surface area contributed by atoms with E-state index < -0.39 is 0 Å². The molecule has 0 bridgehead atoms. The molecule has 3 aromatic rings. The van der Waals surface area contributed by atoms with Crippen LogP contribution < -0.4 is 0 Å². The van der Waals surface area contributed by atoms with Gasteiger partial charge in [0.2, 0.25) is 5.78 Å². The van der Waals surface area contributed by atoms with Gasteiger partial charge in [-0.1, -0.05) is 31.2 Å². The Bertz CT molecular complexity index is 761. The van der Waals surface area contributed by atoms with E-state index in [1.54, 1.807) is 12.3 Å². The quantitative estimate of drug-likeness (QED) is 0.681. The first-order valence-corrected chi connectivity index (χ1v) is 6.71. The summed E-state index contributed by atoms with van der Waals surface area (Å²) in [7, 11) is 0. The number of nitrogens with zero attached hydrogens (tertiary/aromatic N) is 3. The highest BCUT2D eigenvalue weighted by atomic mass is 16.1. The van der Waals surface area contributed by atoms with Gasteiger partial charge in [0.1, 0.15) is 5.69 Å². The maximum absolute atomic E-state index is 12.5. The molecule has 0 spiro atoms. The van der Waals surface area contributed by atoms with Gasteiger partial charge in [-0.05, 0) is 18.6 Å². The molecule has 0 saturated carbocycles. The molecule has 3 rings (SSSR count). The second-order valence-electron chi connectivity index (χ2n) is 4.66. The number of hydrogen-bond acceptors (Lipinski definition) is 3.